The lowest BCUT2D eigenvalue weighted by Crippen LogP contribution is -2.46. The van der Waals surface area contributed by atoms with E-state index in [1.165, 1.54) is 6.08 Å². The molecule has 0 saturated heterocycles. The van der Waals surface area contributed by atoms with E-state index in [2.05, 4.69) is 27.2 Å². The van der Waals surface area contributed by atoms with Crippen LogP contribution in [0.5, 0.6) is 5.75 Å². The van der Waals surface area contributed by atoms with Gasteiger partial charge in [-0.3, -0.25) is 19.6 Å². The van der Waals surface area contributed by atoms with Crippen LogP contribution in [0, 0.1) is 11.3 Å². The van der Waals surface area contributed by atoms with Crippen molar-refractivity contribution >= 4 is 40.6 Å². The molecule has 0 bridgehead atoms. The molecular formula is C28H27ClN6O3. The van der Waals surface area contributed by atoms with Crippen LogP contribution >= 0.6 is 11.6 Å². The first-order valence-corrected chi connectivity index (χ1v) is 12.3. The number of aliphatic imine (C=N–C) groups is 1. The maximum atomic E-state index is 12.5. The molecule has 2 aromatic carbocycles. The van der Waals surface area contributed by atoms with Crippen molar-refractivity contribution in [2.24, 2.45) is 16.6 Å². The highest BCUT2D eigenvalue weighted by atomic mass is 35.5. The number of halogens is 1. The number of nitrogens with one attached hydrogen (secondary N) is 3. The Kier molecular flexibility index (Phi) is 8.50. The zero-order valence-electron chi connectivity index (χ0n) is 20.5. The molecule has 0 radical (unpaired) electrons. The summed E-state index contributed by atoms with van der Waals surface area (Å²) in [5, 5.41) is 15.1. The van der Waals surface area contributed by atoms with E-state index in [0.717, 1.165) is 11.3 Å². The second kappa shape index (κ2) is 12.2. The summed E-state index contributed by atoms with van der Waals surface area (Å²) in [7, 11) is 0. The van der Waals surface area contributed by atoms with E-state index in [1.807, 2.05) is 36.4 Å². The molecule has 10 heteroatoms. The number of nitrogens with two attached hydrogens (primary N) is 1. The fraction of sp³-hybridized carbons (Fsp3) is 0.179. The third kappa shape index (κ3) is 6.24. The summed E-state index contributed by atoms with van der Waals surface area (Å²) in [4.78, 5) is 33.1. The van der Waals surface area contributed by atoms with Crippen LogP contribution in [0.15, 0.2) is 84.5 Å². The molecule has 2 atom stereocenters. The average molecular weight is 531 g/mol. The van der Waals surface area contributed by atoms with Crippen molar-refractivity contribution in [3.63, 3.8) is 0 Å². The lowest BCUT2D eigenvalue weighted by atomic mass is 9.92. The van der Waals surface area contributed by atoms with Crippen LogP contribution in [0.2, 0.25) is 5.02 Å². The monoisotopic (exact) mass is 530 g/mol. The first kappa shape index (κ1) is 26.6. The van der Waals surface area contributed by atoms with Crippen LogP contribution in [0.25, 0.3) is 0 Å². The molecule has 0 saturated carbocycles. The topological polar surface area (TPSA) is 143 Å². The van der Waals surface area contributed by atoms with Gasteiger partial charge in [-0.25, -0.2) is 0 Å². The van der Waals surface area contributed by atoms with Gasteiger partial charge in [-0.05, 0) is 60.0 Å². The Labute approximate surface area is 225 Å². The summed E-state index contributed by atoms with van der Waals surface area (Å²) >= 11 is 6.44. The fourth-order valence-electron chi connectivity index (χ4n) is 4.12. The summed E-state index contributed by atoms with van der Waals surface area (Å²) in [6.45, 7) is 4.14. The number of amidine groups is 1. The molecule has 1 aliphatic heterocycles. The van der Waals surface area contributed by atoms with Crippen LogP contribution in [-0.4, -0.2) is 34.9 Å². The Balaban J connectivity index is 1.52. The number of hydrogen-bond acceptors (Lipinski definition) is 7. The van der Waals surface area contributed by atoms with Crippen LogP contribution in [-0.2, 0) is 16.2 Å². The molecule has 2 unspecified atom stereocenters. The van der Waals surface area contributed by atoms with E-state index in [0.29, 0.717) is 30.0 Å². The minimum Gasteiger partial charge on any atom is -0.486 e. The number of carbonyl (C=O) groups excluding carboxylic acids is 2. The number of benzene rings is 2. The molecule has 194 valence electrons. The molecule has 0 aliphatic carbocycles. The normalized spacial score (nSPS) is 15.4. The second-order valence-corrected chi connectivity index (χ2v) is 8.94. The zero-order valence-corrected chi connectivity index (χ0v) is 21.2. The van der Waals surface area contributed by atoms with Crippen molar-refractivity contribution in [3.8, 4) is 5.75 Å². The standard InChI is InChI=1S/C28H27ClN6O3/c1-2-24(36)34-21-9-4-3-8-19(21)22-12-14-33-28(35-22)25(27(31)37)26(30)17-10-11-23(20(29)15-17)38-16-18-7-5-6-13-32-18/h2-11,13,15,22,25,30H,1,12,14,16H2,(H2,31,37)(H,33,35)(H,34,36). The predicted molar refractivity (Wildman–Crippen MR) is 148 cm³/mol. The van der Waals surface area contributed by atoms with Gasteiger partial charge >= 0.3 is 0 Å². The van der Waals surface area contributed by atoms with Gasteiger partial charge in [-0.1, -0.05) is 42.4 Å². The number of rotatable bonds is 10. The van der Waals surface area contributed by atoms with Gasteiger partial charge in [0.2, 0.25) is 11.8 Å². The summed E-state index contributed by atoms with van der Waals surface area (Å²) in [5.74, 6) is -1.46. The highest BCUT2D eigenvalue weighted by Crippen LogP contribution is 2.30. The SMILES string of the molecule is C=CC(=O)Nc1ccccc1C1CCN=C(C(C(=N)c2ccc(OCc3ccccn3)c(Cl)c2)C(N)=O)N1. The van der Waals surface area contributed by atoms with Gasteiger partial charge in [0.1, 0.15) is 24.1 Å². The Morgan fingerprint density at radius 1 is 1.24 bits per heavy atom. The van der Waals surface area contributed by atoms with Crippen molar-refractivity contribution in [2.75, 3.05) is 11.9 Å². The van der Waals surface area contributed by atoms with E-state index in [9.17, 15) is 9.59 Å². The molecule has 2 amide bonds. The average Bonchev–Trinajstić information content (AvgIpc) is 2.93. The molecule has 9 nitrogen and oxygen atoms in total. The van der Waals surface area contributed by atoms with Gasteiger partial charge in [-0.2, -0.15) is 0 Å². The highest BCUT2D eigenvalue weighted by Gasteiger charge is 2.32. The summed E-state index contributed by atoms with van der Waals surface area (Å²) in [6.07, 6.45) is 3.50. The Bertz CT molecular complexity index is 1390. The lowest BCUT2D eigenvalue weighted by molar-refractivity contribution is -0.118. The van der Waals surface area contributed by atoms with E-state index >= 15 is 0 Å². The van der Waals surface area contributed by atoms with Crippen molar-refractivity contribution in [1.29, 1.82) is 5.41 Å². The first-order valence-electron chi connectivity index (χ1n) is 11.9. The van der Waals surface area contributed by atoms with Crippen molar-refractivity contribution in [1.82, 2.24) is 10.3 Å². The summed E-state index contributed by atoms with van der Waals surface area (Å²) in [5.41, 5.74) is 8.30. The number of anilines is 1. The molecule has 1 aliphatic rings. The number of primary amides is 1. The Morgan fingerprint density at radius 3 is 2.74 bits per heavy atom. The Morgan fingerprint density at radius 2 is 2.03 bits per heavy atom. The largest absolute Gasteiger partial charge is 0.486 e. The molecule has 38 heavy (non-hydrogen) atoms. The third-order valence-electron chi connectivity index (χ3n) is 5.99. The van der Waals surface area contributed by atoms with Gasteiger partial charge in [0.25, 0.3) is 0 Å². The van der Waals surface area contributed by atoms with E-state index in [1.54, 1.807) is 30.5 Å². The minimum atomic E-state index is -1.12. The van der Waals surface area contributed by atoms with Crippen LogP contribution in [0.1, 0.15) is 29.3 Å². The molecule has 1 aromatic heterocycles. The lowest BCUT2D eigenvalue weighted by Gasteiger charge is -2.30. The van der Waals surface area contributed by atoms with Crippen LogP contribution < -0.4 is 21.1 Å². The summed E-state index contributed by atoms with van der Waals surface area (Å²) in [6, 6.07) is 17.5. The molecule has 5 N–H and O–H groups in total. The third-order valence-corrected chi connectivity index (χ3v) is 6.29. The van der Waals surface area contributed by atoms with Crippen molar-refractivity contribution < 1.29 is 14.3 Å². The number of carbonyl (C=O) groups is 2. The molecule has 0 fully saturated rings. The maximum Gasteiger partial charge on any atom is 0.247 e. The van der Waals surface area contributed by atoms with Gasteiger partial charge in [-0.15, -0.1) is 0 Å². The van der Waals surface area contributed by atoms with Crippen molar-refractivity contribution in [3.05, 3.63) is 101 Å². The van der Waals surface area contributed by atoms with E-state index in [4.69, 9.17) is 27.5 Å². The quantitative estimate of drug-likeness (QED) is 0.231. The number of pyridine rings is 1. The van der Waals surface area contributed by atoms with E-state index in [-0.39, 0.29) is 35.1 Å². The maximum absolute atomic E-state index is 12.5. The van der Waals surface area contributed by atoms with Crippen LogP contribution in [0.4, 0.5) is 5.69 Å². The van der Waals surface area contributed by atoms with Gasteiger partial charge in [0.05, 0.1) is 22.5 Å². The number of nitrogens with zero attached hydrogens (tertiary/aromatic N) is 2. The Hall–Kier alpha value is -4.50. The predicted octanol–water partition coefficient (Wildman–Crippen LogP) is 4.04. The van der Waals surface area contributed by atoms with Crippen molar-refractivity contribution in [2.45, 2.75) is 19.1 Å². The molecule has 2 heterocycles. The van der Waals surface area contributed by atoms with Gasteiger partial charge in [0.15, 0.2) is 0 Å². The molecule has 4 rings (SSSR count). The second-order valence-electron chi connectivity index (χ2n) is 8.54. The number of hydrogen-bond donors (Lipinski definition) is 4. The first-order chi connectivity index (χ1) is 18.4. The van der Waals surface area contributed by atoms with E-state index < -0.39 is 11.8 Å². The molecular weight excluding hydrogens is 504 g/mol. The number of ether oxygens (including phenoxy) is 1. The number of aromatic nitrogens is 1. The van der Waals surface area contributed by atoms with Gasteiger partial charge < -0.3 is 26.5 Å². The summed E-state index contributed by atoms with van der Waals surface area (Å²) < 4.78 is 5.76. The highest BCUT2D eigenvalue weighted by molar-refractivity contribution is 6.33. The fourth-order valence-corrected chi connectivity index (χ4v) is 4.35. The smallest absolute Gasteiger partial charge is 0.247 e. The molecule has 0 spiro atoms. The molecule has 3 aromatic rings. The number of para-hydroxylation sites is 1. The van der Waals surface area contributed by atoms with Crippen LogP contribution in [0.3, 0.4) is 0 Å². The van der Waals surface area contributed by atoms with Gasteiger partial charge in [0, 0.05) is 18.4 Å². The minimum absolute atomic E-state index is 0.0455. The zero-order chi connectivity index (χ0) is 27.1. The number of amides is 2.